The molecule has 0 aromatic rings. The first-order valence-electron chi connectivity index (χ1n) is 7.24. The maximum absolute atomic E-state index is 6.49. The average molecular weight is 224 g/mol. The van der Waals surface area contributed by atoms with Crippen molar-refractivity contribution in [2.24, 2.45) is 17.6 Å². The van der Waals surface area contributed by atoms with Crippen LogP contribution in [0.5, 0.6) is 0 Å². The SMILES string of the molecule is CNC1CCC(C(N)C2CCCCC2)CC1. The van der Waals surface area contributed by atoms with Gasteiger partial charge in [0.05, 0.1) is 0 Å². The monoisotopic (exact) mass is 224 g/mol. The molecule has 0 heterocycles. The second-order valence-electron chi connectivity index (χ2n) is 5.88. The molecule has 0 spiro atoms. The summed E-state index contributed by atoms with van der Waals surface area (Å²) in [5.41, 5.74) is 6.49. The zero-order valence-corrected chi connectivity index (χ0v) is 10.8. The topological polar surface area (TPSA) is 38.0 Å². The highest BCUT2D eigenvalue weighted by Crippen LogP contribution is 2.34. The van der Waals surface area contributed by atoms with Crippen LogP contribution in [0.2, 0.25) is 0 Å². The quantitative estimate of drug-likeness (QED) is 0.773. The van der Waals surface area contributed by atoms with Crippen LogP contribution >= 0.6 is 0 Å². The second-order valence-corrected chi connectivity index (χ2v) is 5.88. The van der Waals surface area contributed by atoms with Gasteiger partial charge in [-0.2, -0.15) is 0 Å². The Morgan fingerprint density at radius 1 is 0.875 bits per heavy atom. The Bertz CT molecular complexity index is 191. The van der Waals surface area contributed by atoms with Gasteiger partial charge in [-0.05, 0) is 57.4 Å². The standard InChI is InChI=1S/C14H28N2/c1-16-13-9-7-12(8-10-13)14(15)11-5-3-2-4-6-11/h11-14,16H,2-10,15H2,1H3. The van der Waals surface area contributed by atoms with E-state index in [9.17, 15) is 0 Å². The molecular weight excluding hydrogens is 196 g/mol. The zero-order valence-electron chi connectivity index (χ0n) is 10.8. The summed E-state index contributed by atoms with van der Waals surface area (Å²) < 4.78 is 0. The lowest BCUT2D eigenvalue weighted by molar-refractivity contribution is 0.190. The van der Waals surface area contributed by atoms with Gasteiger partial charge in [-0.15, -0.1) is 0 Å². The number of nitrogens with one attached hydrogen (secondary N) is 1. The van der Waals surface area contributed by atoms with Gasteiger partial charge in [0.1, 0.15) is 0 Å². The Morgan fingerprint density at radius 2 is 1.44 bits per heavy atom. The van der Waals surface area contributed by atoms with Crippen LogP contribution in [0.15, 0.2) is 0 Å². The minimum Gasteiger partial charge on any atom is -0.327 e. The molecule has 1 atom stereocenters. The third-order valence-electron chi connectivity index (χ3n) is 4.92. The summed E-state index contributed by atoms with van der Waals surface area (Å²) in [6.45, 7) is 0. The lowest BCUT2D eigenvalue weighted by Crippen LogP contribution is -2.42. The average Bonchev–Trinajstić information content (AvgIpc) is 2.39. The summed E-state index contributed by atoms with van der Waals surface area (Å²) in [6, 6.07) is 1.26. The number of hydrogen-bond acceptors (Lipinski definition) is 2. The van der Waals surface area contributed by atoms with E-state index >= 15 is 0 Å². The van der Waals surface area contributed by atoms with Crippen LogP contribution in [0.1, 0.15) is 57.8 Å². The molecule has 0 aromatic heterocycles. The van der Waals surface area contributed by atoms with Gasteiger partial charge in [0.25, 0.3) is 0 Å². The van der Waals surface area contributed by atoms with E-state index in [1.54, 1.807) is 0 Å². The van der Waals surface area contributed by atoms with Crippen molar-refractivity contribution in [1.82, 2.24) is 5.32 Å². The number of rotatable bonds is 3. The van der Waals surface area contributed by atoms with Gasteiger partial charge in [-0.3, -0.25) is 0 Å². The molecule has 2 rings (SSSR count). The molecule has 0 bridgehead atoms. The Kier molecular flexibility index (Phi) is 4.66. The van der Waals surface area contributed by atoms with Crippen molar-refractivity contribution in [1.29, 1.82) is 0 Å². The van der Waals surface area contributed by atoms with Crippen molar-refractivity contribution in [3.05, 3.63) is 0 Å². The van der Waals surface area contributed by atoms with E-state index in [0.29, 0.717) is 6.04 Å². The van der Waals surface area contributed by atoms with Gasteiger partial charge >= 0.3 is 0 Å². The molecule has 94 valence electrons. The van der Waals surface area contributed by atoms with Crippen LogP contribution in [-0.4, -0.2) is 19.1 Å². The number of hydrogen-bond donors (Lipinski definition) is 2. The van der Waals surface area contributed by atoms with Crippen molar-refractivity contribution in [2.45, 2.75) is 69.9 Å². The summed E-state index contributed by atoms with van der Waals surface area (Å²) in [6.07, 6.45) is 12.4. The molecule has 3 N–H and O–H groups in total. The van der Waals surface area contributed by atoms with E-state index in [1.807, 2.05) is 0 Å². The number of nitrogens with two attached hydrogens (primary N) is 1. The first-order chi connectivity index (χ1) is 7.81. The van der Waals surface area contributed by atoms with E-state index in [0.717, 1.165) is 17.9 Å². The summed E-state index contributed by atoms with van der Waals surface area (Å²) in [4.78, 5) is 0. The van der Waals surface area contributed by atoms with E-state index in [2.05, 4.69) is 12.4 Å². The molecule has 16 heavy (non-hydrogen) atoms. The molecule has 2 fully saturated rings. The fourth-order valence-corrected chi connectivity index (χ4v) is 3.70. The molecule has 0 aromatic carbocycles. The van der Waals surface area contributed by atoms with Crippen molar-refractivity contribution < 1.29 is 0 Å². The zero-order chi connectivity index (χ0) is 11.4. The van der Waals surface area contributed by atoms with E-state index in [-0.39, 0.29) is 0 Å². The third-order valence-corrected chi connectivity index (χ3v) is 4.92. The Balaban J connectivity index is 1.78. The van der Waals surface area contributed by atoms with Gasteiger partial charge in [-0.25, -0.2) is 0 Å². The Morgan fingerprint density at radius 3 is 2.00 bits per heavy atom. The lowest BCUT2D eigenvalue weighted by atomic mass is 9.73. The van der Waals surface area contributed by atoms with Crippen LogP contribution in [-0.2, 0) is 0 Å². The van der Waals surface area contributed by atoms with E-state index in [1.165, 1.54) is 57.8 Å². The molecule has 2 aliphatic carbocycles. The largest absolute Gasteiger partial charge is 0.327 e. The van der Waals surface area contributed by atoms with E-state index in [4.69, 9.17) is 5.73 Å². The summed E-state index contributed by atoms with van der Waals surface area (Å²) >= 11 is 0. The molecule has 0 aliphatic heterocycles. The van der Waals surface area contributed by atoms with Crippen LogP contribution in [0.25, 0.3) is 0 Å². The second kappa shape index (κ2) is 6.02. The Hall–Kier alpha value is -0.0800. The first kappa shape index (κ1) is 12.4. The van der Waals surface area contributed by atoms with Gasteiger partial charge < -0.3 is 11.1 Å². The summed E-state index contributed by atoms with van der Waals surface area (Å²) in [5, 5.41) is 3.40. The highest BCUT2D eigenvalue weighted by atomic mass is 14.9. The van der Waals surface area contributed by atoms with Crippen LogP contribution in [0.4, 0.5) is 0 Å². The minimum absolute atomic E-state index is 0.498. The van der Waals surface area contributed by atoms with Crippen LogP contribution in [0, 0.1) is 11.8 Å². The van der Waals surface area contributed by atoms with Crippen molar-refractivity contribution in [3.63, 3.8) is 0 Å². The molecular formula is C14H28N2. The molecule has 2 heteroatoms. The van der Waals surface area contributed by atoms with E-state index < -0.39 is 0 Å². The lowest BCUT2D eigenvalue weighted by Gasteiger charge is -2.37. The molecule has 2 saturated carbocycles. The maximum Gasteiger partial charge on any atom is 0.00956 e. The molecule has 2 nitrogen and oxygen atoms in total. The Labute approximate surface area is 100 Å². The molecule has 2 aliphatic rings. The molecule has 0 radical (unpaired) electrons. The van der Waals surface area contributed by atoms with Gasteiger partial charge in [-0.1, -0.05) is 19.3 Å². The van der Waals surface area contributed by atoms with Gasteiger partial charge in [0.2, 0.25) is 0 Å². The predicted molar refractivity (Wildman–Crippen MR) is 69.4 cm³/mol. The maximum atomic E-state index is 6.49. The van der Waals surface area contributed by atoms with Gasteiger partial charge in [0, 0.05) is 12.1 Å². The minimum atomic E-state index is 0.498. The highest BCUT2D eigenvalue weighted by Gasteiger charge is 2.30. The van der Waals surface area contributed by atoms with Crippen LogP contribution in [0.3, 0.4) is 0 Å². The van der Waals surface area contributed by atoms with Crippen LogP contribution < -0.4 is 11.1 Å². The van der Waals surface area contributed by atoms with Crippen molar-refractivity contribution >= 4 is 0 Å². The van der Waals surface area contributed by atoms with Gasteiger partial charge in [0.15, 0.2) is 0 Å². The fraction of sp³-hybridized carbons (Fsp3) is 1.00. The van der Waals surface area contributed by atoms with Crippen molar-refractivity contribution in [3.8, 4) is 0 Å². The molecule has 0 saturated heterocycles. The molecule has 1 unspecified atom stereocenters. The highest BCUT2D eigenvalue weighted by molar-refractivity contribution is 4.87. The predicted octanol–water partition coefficient (Wildman–Crippen LogP) is 2.67. The first-order valence-corrected chi connectivity index (χ1v) is 7.24. The normalized spacial score (nSPS) is 34.9. The summed E-state index contributed by atoms with van der Waals surface area (Å²) in [5.74, 6) is 1.65. The smallest absolute Gasteiger partial charge is 0.00956 e. The third kappa shape index (κ3) is 2.98. The molecule has 0 amide bonds. The summed E-state index contributed by atoms with van der Waals surface area (Å²) in [7, 11) is 2.09. The van der Waals surface area contributed by atoms with Crippen molar-refractivity contribution in [2.75, 3.05) is 7.05 Å². The fourth-order valence-electron chi connectivity index (χ4n) is 3.70.